The third-order valence-electron chi connectivity index (χ3n) is 2.91. The van der Waals surface area contributed by atoms with Gasteiger partial charge in [-0.2, -0.15) is 11.3 Å². The van der Waals surface area contributed by atoms with Crippen molar-refractivity contribution in [1.82, 2.24) is 4.98 Å². The van der Waals surface area contributed by atoms with Crippen molar-refractivity contribution in [3.05, 3.63) is 52.5 Å². The maximum absolute atomic E-state index is 4.05. The third-order valence-corrected chi connectivity index (χ3v) is 3.60. The summed E-state index contributed by atoms with van der Waals surface area (Å²) in [6, 6.07) is 6.26. The second-order valence-corrected chi connectivity index (χ2v) is 7.53. The van der Waals surface area contributed by atoms with Crippen molar-refractivity contribution < 1.29 is 0 Å². The molecule has 0 bridgehead atoms. The van der Waals surface area contributed by atoms with Gasteiger partial charge in [-0.05, 0) is 44.8 Å². The Bertz CT molecular complexity index is 458. The molecule has 0 aliphatic carbocycles. The minimum atomic E-state index is 0.230. The van der Waals surface area contributed by atoms with E-state index in [-0.39, 0.29) is 5.41 Å². The fourth-order valence-electron chi connectivity index (χ4n) is 1.50. The van der Waals surface area contributed by atoms with E-state index in [1.54, 1.807) is 17.5 Å². The van der Waals surface area contributed by atoms with Gasteiger partial charge in [-0.3, -0.25) is 4.98 Å². The highest BCUT2D eigenvalue weighted by Crippen LogP contribution is 2.23. The average molecular weight is 275 g/mol. The quantitative estimate of drug-likeness (QED) is 0.625. The summed E-state index contributed by atoms with van der Waals surface area (Å²) in [5.41, 5.74) is 3.29. The van der Waals surface area contributed by atoms with E-state index in [0.717, 1.165) is 0 Å². The van der Waals surface area contributed by atoms with E-state index in [9.17, 15) is 0 Å². The van der Waals surface area contributed by atoms with Crippen LogP contribution in [0.4, 0.5) is 0 Å². The van der Waals surface area contributed by atoms with E-state index in [1.165, 1.54) is 11.1 Å². The Morgan fingerprint density at radius 1 is 0.895 bits per heavy atom. The second kappa shape index (κ2) is 6.33. The van der Waals surface area contributed by atoms with Crippen LogP contribution in [0.25, 0.3) is 0 Å². The van der Waals surface area contributed by atoms with Gasteiger partial charge in [0, 0.05) is 12.4 Å². The predicted octanol–water partition coefficient (Wildman–Crippen LogP) is 5.42. The SMILES string of the molecule is CC(C)(C)c1cccnc1.CC(C)(C)c1ccsc1. The van der Waals surface area contributed by atoms with Gasteiger partial charge in [0.2, 0.25) is 0 Å². The Morgan fingerprint density at radius 2 is 1.53 bits per heavy atom. The summed E-state index contributed by atoms with van der Waals surface area (Å²) in [6.07, 6.45) is 3.72. The van der Waals surface area contributed by atoms with E-state index in [4.69, 9.17) is 0 Å². The van der Waals surface area contributed by atoms with Gasteiger partial charge >= 0.3 is 0 Å². The van der Waals surface area contributed by atoms with Crippen LogP contribution < -0.4 is 0 Å². The monoisotopic (exact) mass is 275 g/mol. The summed E-state index contributed by atoms with van der Waals surface area (Å²) >= 11 is 1.77. The summed E-state index contributed by atoms with van der Waals surface area (Å²) in [6.45, 7) is 13.2. The highest BCUT2D eigenvalue weighted by atomic mass is 32.1. The van der Waals surface area contributed by atoms with Crippen LogP contribution in [-0.4, -0.2) is 4.98 Å². The summed E-state index contributed by atoms with van der Waals surface area (Å²) in [4.78, 5) is 4.05. The Balaban J connectivity index is 0.000000191. The smallest absolute Gasteiger partial charge is 0.0305 e. The number of aromatic nitrogens is 1. The van der Waals surface area contributed by atoms with Crippen LogP contribution in [0.1, 0.15) is 52.7 Å². The van der Waals surface area contributed by atoms with E-state index < -0.39 is 0 Å². The number of pyridine rings is 1. The van der Waals surface area contributed by atoms with Crippen molar-refractivity contribution in [2.75, 3.05) is 0 Å². The van der Waals surface area contributed by atoms with Gasteiger partial charge in [0.05, 0.1) is 0 Å². The molecule has 0 unspecified atom stereocenters. The van der Waals surface area contributed by atoms with Crippen molar-refractivity contribution in [1.29, 1.82) is 0 Å². The van der Waals surface area contributed by atoms with Crippen molar-refractivity contribution in [3.63, 3.8) is 0 Å². The molecular formula is C17H25NS. The molecule has 2 heterocycles. The molecule has 0 saturated heterocycles. The molecule has 0 spiro atoms. The first-order chi connectivity index (χ1) is 8.71. The molecule has 0 aliphatic heterocycles. The van der Waals surface area contributed by atoms with Crippen LogP contribution >= 0.6 is 11.3 Å². The lowest BCUT2D eigenvalue weighted by Gasteiger charge is -2.17. The first kappa shape index (κ1) is 15.9. The number of hydrogen-bond donors (Lipinski definition) is 0. The lowest BCUT2D eigenvalue weighted by molar-refractivity contribution is 0.587. The van der Waals surface area contributed by atoms with Crippen LogP contribution in [0, 0.1) is 0 Å². The zero-order chi connectivity index (χ0) is 14.5. The topological polar surface area (TPSA) is 12.9 Å². The molecule has 2 heteroatoms. The molecule has 104 valence electrons. The van der Waals surface area contributed by atoms with Gasteiger partial charge in [0.1, 0.15) is 0 Å². The molecule has 2 aromatic heterocycles. The van der Waals surface area contributed by atoms with Gasteiger partial charge in [0.25, 0.3) is 0 Å². The molecule has 0 radical (unpaired) electrons. The molecular weight excluding hydrogens is 250 g/mol. The maximum Gasteiger partial charge on any atom is 0.0305 e. The van der Waals surface area contributed by atoms with Gasteiger partial charge in [-0.15, -0.1) is 0 Å². The van der Waals surface area contributed by atoms with Gasteiger partial charge in [-0.25, -0.2) is 0 Å². The van der Waals surface area contributed by atoms with Crippen molar-refractivity contribution in [2.24, 2.45) is 0 Å². The minimum Gasteiger partial charge on any atom is -0.264 e. The Hall–Kier alpha value is -1.15. The highest BCUT2D eigenvalue weighted by molar-refractivity contribution is 7.08. The minimum absolute atomic E-state index is 0.230. The summed E-state index contributed by atoms with van der Waals surface area (Å²) in [5, 5.41) is 4.33. The average Bonchev–Trinajstić information content (AvgIpc) is 2.83. The van der Waals surface area contributed by atoms with E-state index in [2.05, 4.69) is 69.4 Å². The fourth-order valence-corrected chi connectivity index (χ4v) is 2.38. The summed E-state index contributed by atoms with van der Waals surface area (Å²) in [5.74, 6) is 0. The van der Waals surface area contributed by atoms with Gasteiger partial charge in [0.15, 0.2) is 0 Å². The molecule has 0 fully saturated rings. The lowest BCUT2D eigenvalue weighted by atomic mass is 9.88. The van der Waals surface area contributed by atoms with Crippen LogP contribution in [0.2, 0.25) is 0 Å². The molecule has 1 nitrogen and oxygen atoms in total. The third kappa shape index (κ3) is 5.56. The number of rotatable bonds is 0. The van der Waals surface area contributed by atoms with E-state index in [0.29, 0.717) is 5.41 Å². The van der Waals surface area contributed by atoms with E-state index in [1.807, 2.05) is 12.3 Å². The van der Waals surface area contributed by atoms with Crippen molar-refractivity contribution in [2.45, 2.75) is 52.4 Å². The normalized spacial score (nSPS) is 11.7. The molecule has 0 saturated carbocycles. The van der Waals surface area contributed by atoms with E-state index >= 15 is 0 Å². The Kier molecular flexibility index (Phi) is 5.30. The molecule has 0 N–H and O–H groups in total. The van der Waals surface area contributed by atoms with Crippen LogP contribution in [0.15, 0.2) is 41.4 Å². The van der Waals surface area contributed by atoms with Crippen LogP contribution in [0.5, 0.6) is 0 Å². The van der Waals surface area contributed by atoms with Gasteiger partial charge in [-0.1, -0.05) is 47.6 Å². The van der Waals surface area contributed by atoms with Crippen LogP contribution in [-0.2, 0) is 10.8 Å². The summed E-state index contributed by atoms with van der Waals surface area (Å²) in [7, 11) is 0. The standard InChI is InChI=1S/C9H13N.C8H12S/c1-9(2,3)8-5-4-6-10-7-8;1-8(2,3)7-4-5-9-6-7/h4-7H,1-3H3;4-6H,1-3H3. The molecule has 0 atom stereocenters. The molecule has 0 amide bonds. The van der Waals surface area contributed by atoms with Gasteiger partial charge < -0.3 is 0 Å². The summed E-state index contributed by atoms with van der Waals surface area (Å²) < 4.78 is 0. The zero-order valence-corrected chi connectivity index (χ0v) is 13.7. The first-order valence-electron chi connectivity index (χ1n) is 6.64. The number of thiophene rings is 1. The van der Waals surface area contributed by atoms with Crippen molar-refractivity contribution in [3.8, 4) is 0 Å². The number of nitrogens with zero attached hydrogens (tertiary/aromatic N) is 1. The molecule has 2 aromatic rings. The fraction of sp³-hybridized carbons (Fsp3) is 0.471. The molecule has 19 heavy (non-hydrogen) atoms. The Labute approximate surface area is 121 Å². The first-order valence-corrected chi connectivity index (χ1v) is 7.59. The molecule has 0 aliphatic rings. The predicted molar refractivity (Wildman–Crippen MR) is 86.0 cm³/mol. The second-order valence-electron chi connectivity index (χ2n) is 6.75. The number of hydrogen-bond acceptors (Lipinski definition) is 2. The molecule has 0 aromatic carbocycles. The lowest BCUT2D eigenvalue weighted by Crippen LogP contribution is -2.10. The molecule has 2 rings (SSSR count). The largest absolute Gasteiger partial charge is 0.264 e. The maximum atomic E-state index is 4.05. The van der Waals surface area contributed by atoms with Crippen LogP contribution in [0.3, 0.4) is 0 Å². The van der Waals surface area contributed by atoms with Crippen molar-refractivity contribution >= 4 is 11.3 Å². The Morgan fingerprint density at radius 3 is 1.79 bits per heavy atom. The highest BCUT2D eigenvalue weighted by Gasteiger charge is 2.12. The zero-order valence-electron chi connectivity index (χ0n) is 12.9.